The molecule has 21 heavy (non-hydrogen) atoms. The normalized spacial score (nSPS) is 11.0. The summed E-state index contributed by atoms with van der Waals surface area (Å²) in [6.07, 6.45) is 0.764. The van der Waals surface area contributed by atoms with Crippen LogP contribution < -0.4 is 5.73 Å². The zero-order valence-electron chi connectivity index (χ0n) is 11.2. The molecule has 0 unspecified atom stereocenters. The molecule has 0 atom stereocenters. The largest absolute Gasteiger partial charge is 0.459 e. The summed E-state index contributed by atoms with van der Waals surface area (Å²) in [7, 11) is 0. The Balaban J connectivity index is 2.17. The summed E-state index contributed by atoms with van der Waals surface area (Å²) in [4.78, 5) is 0. The highest BCUT2D eigenvalue weighted by molar-refractivity contribution is 6.33. The van der Waals surface area contributed by atoms with E-state index in [9.17, 15) is 4.39 Å². The number of benzene rings is 1. The van der Waals surface area contributed by atoms with E-state index in [1.54, 1.807) is 6.07 Å². The van der Waals surface area contributed by atoms with E-state index in [2.05, 4.69) is 5.16 Å². The summed E-state index contributed by atoms with van der Waals surface area (Å²) < 4.78 is 23.9. The van der Waals surface area contributed by atoms with Gasteiger partial charge in [0.2, 0.25) is 5.88 Å². The number of hydrogen-bond donors (Lipinski definition) is 1. The van der Waals surface area contributed by atoms with Crippen LogP contribution in [-0.2, 0) is 6.42 Å². The SMILES string of the molecule is CCc1ccc(-c2noc(N)c2-c2ccc(F)cc2Cl)o1. The first-order valence-electron chi connectivity index (χ1n) is 6.39. The quantitative estimate of drug-likeness (QED) is 0.771. The Hall–Kier alpha value is -2.27. The van der Waals surface area contributed by atoms with Gasteiger partial charge in [-0.1, -0.05) is 23.7 Å². The highest BCUT2D eigenvalue weighted by Gasteiger charge is 2.22. The van der Waals surface area contributed by atoms with Gasteiger partial charge in [-0.3, -0.25) is 0 Å². The smallest absolute Gasteiger partial charge is 0.230 e. The van der Waals surface area contributed by atoms with Gasteiger partial charge in [0.1, 0.15) is 11.6 Å². The van der Waals surface area contributed by atoms with Crippen molar-refractivity contribution < 1.29 is 13.3 Å². The van der Waals surface area contributed by atoms with Gasteiger partial charge < -0.3 is 14.7 Å². The average molecular weight is 307 g/mol. The fourth-order valence-corrected chi connectivity index (χ4v) is 2.38. The Bertz CT molecular complexity index is 795. The monoisotopic (exact) mass is 306 g/mol. The van der Waals surface area contributed by atoms with Crippen LogP contribution in [0.2, 0.25) is 5.02 Å². The number of anilines is 1. The van der Waals surface area contributed by atoms with Crippen LogP contribution in [0.4, 0.5) is 10.3 Å². The van der Waals surface area contributed by atoms with Crippen LogP contribution in [0.25, 0.3) is 22.6 Å². The van der Waals surface area contributed by atoms with Crippen LogP contribution in [-0.4, -0.2) is 5.16 Å². The number of hydrogen-bond acceptors (Lipinski definition) is 4. The second-order valence-electron chi connectivity index (χ2n) is 4.51. The molecular formula is C15H12ClFN2O2. The van der Waals surface area contributed by atoms with Gasteiger partial charge in [0.05, 0.1) is 10.6 Å². The number of halogens is 2. The third-order valence-electron chi connectivity index (χ3n) is 3.16. The van der Waals surface area contributed by atoms with Gasteiger partial charge in [0.15, 0.2) is 11.5 Å². The number of rotatable bonds is 3. The van der Waals surface area contributed by atoms with Crippen LogP contribution in [0.5, 0.6) is 0 Å². The number of aromatic nitrogens is 1. The zero-order valence-corrected chi connectivity index (χ0v) is 11.9. The van der Waals surface area contributed by atoms with Crippen molar-refractivity contribution in [1.82, 2.24) is 5.16 Å². The lowest BCUT2D eigenvalue weighted by Gasteiger charge is -2.04. The van der Waals surface area contributed by atoms with Gasteiger partial charge in [0, 0.05) is 12.0 Å². The highest BCUT2D eigenvalue weighted by Crippen LogP contribution is 2.40. The van der Waals surface area contributed by atoms with Crippen molar-refractivity contribution in [3.05, 3.63) is 46.9 Å². The van der Waals surface area contributed by atoms with Crippen LogP contribution in [0, 0.1) is 5.82 Å². The molecule has 2 aromatic heterocycles. The van der Waals surface area contributed by atoms with E-state index in [-0.39, 0.29) is 10.9 Å². The Labute approximate surface area is 125 Å². The van der Waals surface area contributed by atoms with Gasteiger partial charge in [-0.15, -0.1) is 0 Å². The minimum absolute atomic E-state index is 0.105. The summed E-state index contributed by atoms with van der Waals surface area (Å²) in [5, 5.41) is 4.16. The predicted molar refractivity (Wildman–Crippen MR) is 78.4 cm³/mol. The minimum Gasteiger partial charge on any atom is -0.459 e. The molecule has 3 aromatic rings. The van der Waals surface area contributed by atoms with E-state index >= 15 is 0 Å². The molecule has 0 aliphatic carbocycles. The Morgan fingerprint density at radius 3 is 2.76 bits per heavy atom. The van der Waals surface area contributed by atoms with Crippen molar-refractivity contribution in [2.75, 3.05) is 5.73 Å². The minimum atomic E-state index is -0.424. The van der Waals surface area contributed by atoms with E-state index in [4.69, 9.17) is 26.3 Å². The fraction of sp³-hybridized carbons (Fsp3) is 0.133. The molecule has 0 radical (unpaired) electrons. The van der Waals surface area contributed by atoms with Crippen molar-refractivity contribution in [3.8, 4) is 22.6 Å². The van der Waals surface area contributed by atoms with Gasteiger partial charge in [-0.25, -0.2) is 4.39 Å². The summed E-state index contributed by atoms with van der Waals surface area (Å²) in [5.41, 5.74) is 7.32. The number of aryl methyl sites for hydroxylation is 1. The lowest BCUT2D eigenvalue weighted by Crippen LogP contribution is -1.89. The highest BCUT2D eigenvalue weighted by atomic mass is 35.5. The van der Waals surface area contributed by atoms with Crippen LogP contribution >= 0.6 is 11.6 Å². The van der Waals surface area contributed by atoms with E-state index < -0.39 is 5.82 Å². The number of furan rings is 1. The third-order valence-corrected chi connectivity index (χ3v) is 3.48. The van der Waals surface area contributed by atoms with Crippen molar-refractivity contribution in [2.45, 2.75) is 13.3 Å². The molecule has 0 spiro atoms. The standard InChI is InChI=1S/C15H12ClFN2O2/c1-2-9-4-6-12(20-9)14-13(15(18)21-19-14)10-5-3-8(17)7-11(10)16/h3-7H,2,18H2,1H3. The molecule has 2 heterocycles. The number of nitrogens with two attached hydrogens (primary N) is 1. The molecular weight excluding hydrogens is 295 g/mol. The molecule has 108 valence electrons. The first-order chi connectivity index (χ1) is 10.1. The maximum absolute atomic E-state index is 13.2. The molecule has 6 heteroatoms. The average Bonchev–Trinajstić information content (AvgIpc) is 3.06. The third kappa shape index (κ3) is 2.40. The maximum atomic E-state index is 13.2. The van der Waals surface area contributed by atoms with E-state index in [0.29, 0.717) is 22.6 Å². The Morgan fingerprint density at radius 2 is 2.10 bits per heavy atom. The van der Waals surface area contributed by atoms with Crippen molar-refractivity contribution in [1.29, 1.82) is 0 Å². The Kier molecular flexibility index (Phi) is 3.43. The van der Waals surface area contributed by atoms with E-state index in [1.165, 1.54) is 18.2 Å². The topological polar surface area (TPSA) is 65.2 Å². The first kappa shape index (κ1) is 13.7. The summed E-state index contributed by atoms with van der Waals surface area (Å²) >= 11 is 6.09. The molecule has 0 aliphatic heterocycles. The summed E-state index contributed by atoms with van der Waals surface area (Å²) in [6.45, 7) is 1.98. The summed E-state index contributed by atoms with van der Waals surface area (Å²) in [5.74, 6) is 1.03. The molecule has 2 N–H and O–H groups in total. The van der Waals surface area contributed by atoms with Gasteiger partial charge in [-0.2, -0.15) is 0 Å². The summed E-state index contributed by atoms with van der Waals surface area (Å²) in [6, 6.07) is 7.70. The van der Waals surface area contributed by atoms with Gasteiger partial charge in [0.25, 0.3) is 0 Å². The Morgan fingerprint density at radius 1 is 1.29 bits per heavy atom. The first-order valence-corrected chi connectivity index (χ1v) is 6.77. The molecule has 4 nitrogen and oxygen atoms in total. The van der Waals surface area contributed by atoms with Crippen molar-refractivity contribution in [3.63, 3.8) is 0 Å². The van der Waals surface area contributed by atoms with Crippen LogP contribution in [0.1, 0.15) is 12.7 Å². The molecule has 0 fully saturated rings. The molecule has 0 amide bonds. The molecule has 1 aromatic carbocycles. The lowest BCUT2D eigenvalue weighted by atomic mass is 10.0. The van der Waals surface area contributed by atoms with Gasteiger partial charge >= 0.3 is 0 Å². The number of nitrogens with zero attached hydrogens (tertiary/aromatic N) is 1. The molecule has 0 aliphatic rings. The number of nitrogen functional groups attached to an aromatic ring is 1. The van der Waals surface area contributed by atoms with Crippen molar-refractivity contribution in [2.24, 2.45) is 0 Å². The fourth-order valence-electron chi connectivity index (χ4n) is 2.12. The van der Waals surface area contributed by atoms with Gasteiger partial charge in [-0.05, 0) is 30.3 Å². The van der Waals surface area contributed by atoms with Crippen LogP contribution in [0.3, 0.4) is 0 Å². The maximum Gasteiger partial charge on any atom is 0.230 e. The molecule has 0 saturated carbocycles. The lowest BCUT2D eigenvalue weighted by molar-refractivity contribution is 0.434. The van der Waals surface area contributed by atoms with Crippen molar-refractivity contribution >= 4 is 17.5 Å². The second-order valence-corrected chi connectivity index (χ2v) is 4.92. The zero-order chi connectivity index (χ0) is 15.0. The van der Waals surface area contributed by atoms with Crippen LogP contribution in [0.15, 0.2) is 39.3 Å². The predicted octanol–water partition coefficient (Wildman–Crippen LogP) is 4.54. The van der Waals surface area contributed by atoms with E-state index in [0.717, 1.165) is 12.2 Å². The van der Waals surface area contributed by atoms with E-state index in [1.807, 2.05) is 13.0 Å². The molecule has 3 rings (SSSR count). The molecule has 0 saturated heterocycles. The second kappa shape index (κ2) is 5.26. The molecule has 0 bridgehead atoms.